The molecule has 0 bridgehead atoms. The fraction of sp³-hybridized carbons (Fsp3) is 0.0189. The van der Waals surface area contributed by atoms with E-state index < -0.39 is 5.41 Å². The van der Waals surface area contributed by atoms with Crippen LogP contribution in [0.1, 0.15) is 22.3 Å². The van der Waals surface area contributed by atoms with Crippen molar-refractivity contribution >= 4 is 59.3 Å². The summed E-state index contributed by atoms with van der Waals surface area (Å²) in [6, 6.07) is 78.4. The van der Waals surface area contributed by atoms with Gasteiger partial charge in [0.15, 0.2) is 0 Å². The zero-order chi connectivity index (χ0) is 36.3. The van der Waals surface area contributed by atoms with Crippen molar-refractivity contribution in [2.45, 2.75) is 5.41 Å². The maximum atomic E-state index is 2.50. The number of benzene rings is 9. The van der Waals surface area contributed by atoms with Crippen molar-refractivity contribution in [3.8, 4) is 22.3 Å². The molecule has 0 saturated carbocycles. The van der Waals surface area contributed by atoms with Crippen LogP contribution in [0, 0.1) is 0 Å². The first kappa shape index (κ1) is 31.8. The van der Waals surface area contributed by atoms with Crippen molar-refractivity contribution in [1.29, 1.82) is 0 Å². The lowest BCUT2D eigenvalue weighted by molar-refractivity contribution is 0.768. The van der Waals surface area contributed by atoms with Crippen LogP contribution >= 0.6 is 11.3 Å². The van der Waals surface area contributed by atoms with Crippen LogP contribution in [0.4, 0.5) is 17.1 Å². The Morgan fingerprint density at radius 1 is 0.382 bits per heavy atom. The standard InChI is InChI=1S/C53H35NS/c1-3-19-38(20-4-1)53(39-21-5-2-6-22-39)47-28-11-9-25-44(47)45-33-32-41(35-48(45)53)54(49-29-15-31-51-52(49)46-26-10-12-30-50(46)55-51)40-23-13-18-37(34-40)43-27-14-17-36-16-7-8-24-42(36)43/h1-35H. The van der Waals surface area contributed by atoms with Crippen LogP contribution in [-0.2, 0) is 5.41 Å². The molecular weight excluding hydrogens is 683 g/mol. The Hall–Kier alpha value is -6.74. The number of fused-ring (bicyclic) bond motifs is 7. The van der Waals surface area contributed by atoms with E-state index in [9.17, 15) is 0 Å². The van der Waals surface area contributed by atoms with E-state index in [4.69, 9.17) is 0 Å². The van der Waals surface area contributed by atoms with Crippen LogP contribution in [0.5, 0.6) is 0 Å². The molecule has 0 radical (unpaired) electrons. The van der Waals surface area contributed by atoms with Gasteiger partial charge in [0.1, 0.15) is 0 Å². The summed E-state index contributed by atoms with van der Waals surface area (Å²) in [4.78, 5) is 2.50. The zero-order valence-corrected chi connectivity index (χ0v) is 30.9. The minimum atomic E-state index is -0.498. The third-order valence-corrected chi connectivity index (χ3v) is 12.7. The van der Waals surface area contributed by atoms with Crippen LogP contribution in [0.2, 0.25) is 0 Å². The molecule has 258 valence electrons. The van der Waals surface area contributed by atoms with Gasteiger partial charge in [-0.2, -0.15) is 0 Å². The topological polar surface area (TPSA) is 3.24 Å². The number of hydrogen-bond donors (Lipinski definition) is 0. The van der Waals surface area contributed by atoms with Crippen molar-refractivity contribution in [3.63, 3.8) is 0 Å². The highest BCUT2D eigenvalue weighted by atomic mass is 32.1. The number of hydrogen-bond acceptors (Lipinski definition) is 2. The van der Waals surface area contributed by atoms with Gasteiger partial charge in [-0.25, -0.2) is 0 Å². The molecular formula is C53H35NS. The van der Waals surface area contributed by atoms with E-state index in [1.54, 1.807) is 0 Å². The molecule has 1 aromatic heterocycles. The van der Waals surface area contributed by atoms with E-state index in [1.165, 1.54) is 81.1 Å². The quantitative estimate of drug-likeness (QED) is 0.166. The molecule has 55 heavy (non-hydrogen) atoms. The second-order valence-corrected chi connectivity index (χ2v) is 15.5. The Kier molecular flexibility index (Phi) is 7.33. The van der Waals surface area contributed by atoms with E-state index in [-0.39, 0.29) is 0 Å². The largest absolute Gasteiger partial charge is 0.310 e. The van der Waals surface area contributed by atoms with Crippen molar-refractivity contribution in [1.82, 2.24) is 0 Å². The van der Waals surface area contributed by atoms with Crippen molar-refractivity contribution < 1.29 is 0 Å². The van der Waals surface area contributed by atoms with Gasteiger partial charge in [0.2, 0.25) is 0 Å². The predicted molar refractivity (Wildman–Crippen MR) is 234 cm³/mol. The molecule has 0 fully saturated rings. The first-order chi connectivity index (χ1) is 27.3. The summed E-state index contributed by atoms with van der Waals surface area (Å²) in [5.41, 5.74) is 13.0. The molecule has 10 aromatic rings. The summed E-state index contributed by atoms with van der Waals surface area (Å²) in [5, 5.41) is 5.06. The molecule has 1 nitrogen and oxygen atoms in total. The summed E-state index contributed by atoms with van der Waals surface area (Å²) in [5.74, 6) is 0. The van der Waals surface area contributed by atoms with Gasteiger partial charge in [-0.3, -0.25) is 0 Å². The molecule has 9 aromatic carbocycles. The molecule has 1 aliphatic rings. The summed E-state index contributed by atoms with van der Waals surface area (Å²) in [6.45, 7) is 0. The lowest BCUT2D eigenvalue weighted by Gasteiger charge is -2.35. The van der Waals surface area contributed by atoms with E-state index in [0.717, 1.165) is 11.4 Å². The summed E-state index contributed by atoms with van der Waals surface area (Å²) >= 11 is 1.86. The SMILES string of the molecule is c1ccc(C2(c3ccccc3)c3ccccc3-c3ccc(N(c4cccc(-c5cccc6ccccc56)c4)c4cccc5sc6ccccc6c45)cc32)cc1. The third kappa shape index (κ3) is 4.85. The maximum Gasteiger partial charge on any atom is 0.0714 e. The molecule has 0 unspecified atom stereocenters. The van der Waals surface area contributed by atoms with Crippen molar-refractivity contribution in [2.24, 2.45) is 0 Å². The molecule has 0 saturated heterocycles. The highest BCUT2D eigenvalue weighted by molar-refractivity contribution is 7.26. The highest BCUT2D eigenvalue weighted by Gasteiger charge is 2.46. The second-order valence-electron chi connectivity index (χ2n) is 14.4. The molecule has 0 N–H and O–H groups in total. The molecule has 1 heterocycles. The number of anilines is 3. The lowest BCUT2D eigenvalue weighted by atomic mass is 9.67. The van der Waals surface area contributed by atoms with Gasteiger partial charge in [0.05, 0.1) is 11.1 Å². The van der Waals surface area contributed by atoms with Crippen molar-refractivity contribution in [2.75, 3.05) is 4.90 Å². The normalized spacial score (nSPS) is 12.9. The summed E-state index contributed by atoms with van der Waals surface area (Å²) < 4.78 is 2.58. The molecule has 2 heteroatoms. The molecule has 0 aliphatic heterocycles. The molecule has 0 amide bonds. The minimum absolute atomic E-state index is 0.498. The van der Waals surface area contributed by atoms with Gasteiger partial charge in [-0.05, 0) is 97.7 Å². The average Bonchev–Trinajstić information content (AvgIpc) is 3.79. The van der Waals surface area contributed by atoms with Crippen LogP contribution in [0.15, 0.2) is 212 Å². The number of thiophene rings is 1. The Balaban J connectivity index is 1.21. The monoisotopic (exact) mass is 717 g/mol. The predicted octanol–water partition coefficient (Wildman–Crippen LogP) is 14.7. The van der Waals surface area contributed by atoms with Crippen molar-refractivity contribution in [3.05, 3.63) is 235 Å². The Morgan fingerprint density at radius 2 is 0.982 bits per heavy atom. The lowest BCUT2D eigenvalue weighted by Crippen LogP contribution is -2.28. The highest BCUT2D eigenvalue weighted by Crippen LogP contribution is 2.57. The fourth-order valence-corrected chi connectivity index (χ4v) is 10.4. The van der Waals surface area contributed by atoms with E-state index in [0.29, 0.717) is 0 Å². The molecule has 1 aliphatic carbocycles. The van der Waals surface area contributed by atoms with E-state index >= 15 is 0 Å². The van der Waals surface area contributed by atoms with Gasteiger partial charge in [0.25, 0.3) is 0 Å². The van der Waals surface area contributed by atoms with Crippen LogP contribution < -0.4 is 4.90 Å². The first-order valence-corrected chi connectivity index (χ1v) is 19.7. The van der Waals surface area contributed by atoms with Crippen LogP contribution in [0.3, 0.4) is 0 Å². The Labute approximate surface area is 325 Å². The smallest absolute Gasteiger partial charge is 0.0714 e. The second kappa shape index (κ2) is 12.7. The number of rotatable bonds is 6. The Morgan fingerprint density at radius 3 is 1.82 bits per heavy atom. The van der Waals surface area contributed by atoms with E-state index in [1.807, 2.05) is 11.3 Å². The van der Waals surface area contributed by atoms with E-state index in [2.05, 4.69) is 217 Å². The van der Waals surface area contributed by atoms with Gasteiger partial charge < -0.3 is 4.90 Å². The van der Waals surface area contributed by atoms with Gasteiger partial charge in [-0.1, -0.05) is 170 Å². The molecule has 11 rings (SSSR count). The van der Waals surface area contributed by atoms with Gasteiger partial charge >= 0.3 is 0 Å². The number of nitrogens with zero attached hydrogens (tertiary/aromatic N) is 1. The third-order valence-electron chi connectivity index (χ3n) is 11.5. The first-order valence-electron chi connectivity index (χ1n) is 18.9. The zero-order valence-electron chi connectivity index (χ0n) is 30.1. The molecule has 0 atom stereocenters. The minimum Gasteiger partial charge on any atom is -0.310 e. The average molecular weight is 718 g/mol. The van der Waals surface area contributed by atoms with Crippen LogP contribution in [-0.4, -0.2) is 0 Å². The van der Waals surface area contributed by atoms with Gasteiger partial charge in [0, 0.05) is 31.5 Å². The van der Waals surface area contributed by atoms with Crippen LogP contribution in [0.25, 0.3) is 53.2 Å². The molecule has 0 spiro atoms. The van der Waals surface area contributed by atoms with Gasteiger partial charge in [-0.15, -0.1) is 11.3 Å². The fourth-order valence-electron chi connectivity index (χ4n) is 9.23. The maximum absolute atomic E-state index is 2.50. The summed E-state index contributed by atoms with van der Waals surface area (Å²) in [6.07, 6.45) is 0. The Bertz CT molecular complexity index is 3000. The summed E-state index contributed by atoms with van der Waals surface area (Å²) in [7, 11) is 0.